The molecule has 1 aliphatic carbocycles. The van der Waals surface area contributed by atoms with Crippen LogP contribution in [0.1, 0.15) is 38.5 Å². The number of hydrogen-bond acceptors (Lipinski definition) is 5. The van der Waals surface area contributed by atoms with Crippen LogP contribution in [0.2, 0.25) is 0 Å². The van der Waals surface area contributed by atoms with Crippen molar-refractivity contribution in [3.63, 3.8) is 0 Å². The van der Waals surface area contributed by atoms with E-state index in [-0.39, 0.29) is 11.9 Å². The van der Waals surface area contributed by atoms with Crippen LogP contribution in [0.25, 0.3) is 0 Å². The summed E-state index contributed by atoms with van der Waals surface area (Å²) in [5.74, 6) is 0.993. The molecule has 6 nitrogen and oxygen atoms in total. The van der Waals surface area contributed by atoms with E-state index in [1.165, 1.54) is 0 Å². The summed E-state index contributed by atoms with van der Waals surface area (Å²) in [6.45, 7) is 1.77. The van der Waals surface area contributed by atoms with Crippen LogP contribution in [0, 0.1) is 0 Å². The first-order valence-corrected chi connectivity index (χ1v) is 8.19. The standard InChI is InChI=1S/C16H25N5O/c1-20(15(22)16(17)8-2-3-9-16)13-6-5-11-21(12-13)14-7-4-10-18-19-14/h4,7,10,13H,2-3,5-6,8-9,11-12,17H2,1H3. The van der Waals surface area contributed by atoms with Crippen LogP contribution < -0.4 is 10.6 Å². The molecule has 0 aromatic carbocycles. The van der Waals surface area contributed by atoms with Crippen molar-refractivity contribution in [2.45, 2.75) is 50.1 Å². The molecule has 1 aliphatic heterocycles. The van der Waals surface area contributed by atoms with Gasteiger partial charge in [-0.05, 0) is 37.8 Å². The molecule has 2 aliphatic rings. The second-order valence-corrected chi connectivity index (χ2v) is 6.60. The Morgan fingerprint density at radius 3 is 2.86 bits per heavy atom. The summed E-state index contributed by atoms with van der Waals surface area (Å²) in [7, 11) is 1.90. The van der Waals surface area contributed by atoms with Crippen molar-refractivity contribution in [3.05, 3.63) is 18.3 Å². The number of piperidine rings is 1. The van der Waals surface area contributed by atoms with Crippen molar-refractivity contribution in [2.24, 2.45) is 5.73 Å². The number of likely N-dealkylation sites (N-methyl/N-ethyl adjacent to an activating group) is 1. The number of rotatable bonds is 3. The maximum Gasteiger partial charge on any atom is 0.242 e. The second-order valence-electron chi connectivity index (χ2n) is 6.60. The molecule has 1 unspecified atom stereocenters. The lowest BCUT2D eigenvalue weighted by Gasteiger charge is -2.40. The van der Waals surface area contributed by atoms with Crippen LogP contribution in [0.3, 0.4) is 0 Å². The Hall–Kier alpha value is -1.69. The van der Waals surface area contributed by atoms with Gasteiger partial charge in [-0.2, -0.15) is 5.10 Å². The van der Waals surface area contributed by atoms with E-state index in [2.05, 4.69) is 15.1 Å². The van der Waals surface area contributed by atoms with Crippen molar-refractivity contribution in [1.82, 2.24) is 15.1 Å². The lowest BCUT2D eigenvalue weighted by molar-refractivity contribution is -0.137. The number of carbonyl (C=O) groups excluding carboxylic acids is 1. The van der Waals surface area contributed by atoms with Gasteiger partial charge in [0.25, 0.3) is 0 Å². The van der Waals surface area contributed by atoms with Gasteiger partial charge < -0.3 is 15.5 Å². The summed E-state index contributed by atoms with van der Waals surface area (Å²) in [6.07, 6.45) is 7.51. The average Bonchev–Trinajstić information content (AvgIpc) is 3.02. The van der Waals surface area contributed by atoms with Crippen molar-refractivity contribution in [3.8, 4) is 0 Å². The quantitative estimate of drug-likeness (QED) is 0.907. The first kappa shape index (κ1) is 15.2. The Bertz CT molecular complexity index is 515. The Kier molecular flexibility index (Phi) is 4.29. The zero-order valence-electron chi connectivity index (χ0n) is 13.2. The lowest BCUT2D eigenvalue weighted by Crippen LogP contribution is -2.58. The molecule has 0 radical (unpaired) electrons. The molecule has 22 heavy (non-hydrogen) atoms. The molecule has 3 rings (SSSR count). The molecular weight excluding hydrogens is 278 g/mol. The number of nitrogens with zero attached hydrogens (tertiary/aromatic N) is 4. The molecule has 2 N–H and O–H groups in total. The maximum atomic E-state index is 12.8. The fraction of sp³-hybridized carbons (Fsp3) is 0.688. The van der Waals surface area contributed by atoms with E-state index in [9.17, 15) is 4.79 Å². The minimum atomic E-state index is -0.635. The van der Waals surface area contributed by atoms with E-state index in [0.29, 0.717) is 0 Å². The van der Waals surface area contributed by atoms with E-state index in [4.69, 9.17) is 5.73 Å². The Morgan fingerprint density at radius 1 is 1.41 bits per heavy atom. The molecule has 1 aromatic heterocycles. The third-order valence-electron chi connectivity index (χ3n) is 5.07. The van der Waals surface area contributed by atoms with Gasteiger partial charge in [0.1, 0.15) is 0 Å². The molecule has 2 fully saturated rings. The monoisotopic (exact) mass is 303 g/mol. The van der Waals surface area contributed by atoms with Gasteiger partial charge in [0.2, 0.25) is 5.91 Å². The number of aromatic nitrogens is 2. The molecular formula is C16H25N5O. The third kappa shape index (κ3) is 2.92. The fourth-order valence-corrected chi connectivity index (χ4v) is 3.68. The van der Waals surface area contributed by atoms with Gasteiger partial charge in [-0.25, -0.2) is 0 Å². The fourth-order valence-electron chi connectivity index (χ4n) is 3.68. The molecule has 1 saturated carbocycles. The SMILES string of the molecule is CN(C(=O)C1(N)CCCC1)C1CCCN(c2cccnn2)C1. The van der Waals surface area contributed by atoms with Crippen LogP contribution >= 0.6 is 0 Å². The predicted molar refractivity (Wildman–Crippen MR) is 85.4 cm³/mol. The van der Waals surface area contributed by atoms with Gasteiger partial charge in [-0.1, -0.05) is 12.8 Å². The highest BCUT2D eigenvalue weighted by Gasteiger charge is 2.41. The van der Waals surface area contributed by atoms with Crippen LogP contribution in [-0.4, -0.2) is 52.7 Å². The zero-order valence-corrected chi connectivity index (χ0v) is 13.2. The number of carbonyl (C=O) groups is 1. The molecule has 1 atom stereocenters. The van der Waals surface area contributed by atoms with Crippen LogP contribution in [0.5, 0.6) is 0 Å². The summed E-state index contributed by atoms with van der Waals surface area (Å²) in [5.41, 5.74) is 5.69. The van der Waals surface area contributed by atoms with Gasteiger partial charge in [0, 0.05) is 32.4 Å². The van der Waals surface area contributed by atoms with E-state index in [0.717, 1.165) is 57.4 Å². The molecule has 2 heterocycles. The lowest BCUT2D eigenvalue weighted by atomic mass is 9.95. The average molecular weight is 303 g/mol. The molecule has 0 bridgehead atoms. The predicted octanol–water partition coefficient (Wildman–Crippen LogP) is 1.18. The highest BCUT2D eigenvalue weighted by Crippen LogP contribution is 2.30. The van der Waals surface area contributed by atoms with Gasteiger partial charge in [0.15, 0.2) is 5.82 Å². The zero-order chi connectivity index (χ0) is 15.6. The molecule has 6 heteroatoms. The van der Waals surface area contributed by atoms with E-state index in [1.807, 2.05) is 24.1 Å². The molecule has 1 amide bonds. The summed E-state index contributed by atoms with van der Waals surface area (Å²) in [4.78, 5) is 16.9. The molecule has 1 aromatic rings. The Balaban J connectivity index is 1.67. The first-order chi connectivity index (χ1) is 10.6. The summed E-state index contributed by atoms with van der Waals surface area (Å²) in [5, 5.41) is 8.13. The van der Waals surface area contributed by atoms with Crippen molar-refractivity contribution >= 4 is 11.7 Å². The maximum absolute atomic E-state index is 12.8. The van der Waals surface area contributed by atoms with Gasteiger partial charge in [-0.3, -0.25) is 4.79 Å². The number of amides is 1. The summed E-state index contributed by atoms with van der Waals surface area (Å²) < 4.78 is 0. The topological polar surface area (TPSA) is 75.3 Å². The first-order valence-electron chi connectivity index (χ1n) is 8.19. The van der Waals surface area contributed by atoms with E-state index >= 15 is 0 Å². The van der Waals surface area contributed by atoms with Gasteiger partial charge >= 0.3 is 0 Å². The summed E-state index contributed by atoms with van der Waals surface area (Å²) >= 11 is 0. The number of anilines is 1. The van der Waals surface area contributed by atoms with Crippen molar-refractivity contribution in [2.75, 3.05) is 25.0 Å². The smallest absolute Gasteiger partial charge is 0.242 e. The minimum Gasteiger partial charge on any atom is -0.353 e. The van der Waals surface area contributed by atoms with Crippen molar-refractivity contribution < 1.29 is 4.79 Å². The third-order valence-corrected chi connectivity index (χ3v) is 5.07. The largest absolute Gasteiger partial charge is 0.353 e. The Labute approximate surface area is 131 Å². The van der Waals surface area contributed by atoms with E-state index < -0.39 is 5.54 Å². The second kappa shape index (κ2) is 6.20. The normalized spacial score (nSPS) is 24.3. The minimum absolute atomic E-state index is 0.107. The van der Waals surface area contributed by atoms with E-state index in [1.54, 1.807) is 6.20 Å². The number of nitrogens with two attached hydrogens (primary N) is 1. The highest BCUT2D eigenvalue weighted by atomic mass is 16.2. The molecule has 0 spiro atoms. The molecule has 1 saturated heterocycles. The Morgan fingerprint density at radius 2 is 2.18 bits per heavy atom. The van der Waals surface area contributed by atoms with Crippen molar-refractivity contribution in [1.29, 1.82) is 0 Å². The summed E-state index contributed by atoms with van der Waals surface area (Å²) in [6, 6.07) is 4.07. The highest BCUT2D eigenvalue weighted by molar-refractivity contribution is 5.86. The molecule has 120 valence electrons. The van der Waals surface area contributed by atoms with Crippen LogP contribution in [-0.2, 0) is 4.79 Å². The van der Waals surface area contributed by atoms with Gasteiger partial charge in [0.05, 0.1) is 5.54 Å². The van der Waals surface area contributed by atoms with Crippen LogP contribution in [0.4, 0.5) is 5.82 Å². The number of hydrogen-bond donors (Lipinski definition) is 1. The van der Waals surface area contributed by atoms with Crippen LogP contribution in [0.15, 0.2) is 18.3 Å². The van der Waals surface area contributed by atoms with Gasteiger partial charge in [-0.15, -0.1) is 5.10 Å².